The van der Waals surface area contributed by atoms with Gasteiger partial charge in [-0.2, -0.15) is 5.26 Å². The van der Waals surface area contributed by atoms with Gasteiger partial charge < -0.3 is 10.6 Å². The zero-order chi connectivity index (χ0) is 10.3. The molecule has 0 radical (unpaired) electrons. The predicted molar refractivity (Wildman–Crippen MR) is 55.2 cm³/mol. The van der Waals surface area contributed by atoms with Crippen LogP contribution in [0.15, 0.2) is 0 Å². The molecule has 0 spiro atoms. The minimum atomic E-state index is -0.666. The first-order chi connectivity index (χ1) is 6.05. The Hall–Kier alpha value is -0.590. The maximum atomic E-state index is 8.72. The van der Waals surface area contributed by atoms with Gasteiger partial charge in [-0.05, 0) is 32.9 Å². The summed E-state index contributed by atoms with van der Waals surface area (Å²) in [6.07, 6.45) is 1.90. The molecule has 0 heterocycles. The van der Waals surface area contributed by atoms with Crippen LogP contribution in [0.25, 0.3) is 0 Å². The van der Waals surface area contributed by atoms with Gasteiger partial charge >= 0.3 is 0 Å². The molecule has 0 saturated carbocycles. The van der Waals surface area contributed by atoms with Gasteiger partial charge in [-0.1, -0.05) is 13.8 Å². The number of nitrogens with zero attached hydrogens (tertiary/aromatic N) is 2. The smallest absolute Gasteiger partial charge is 0.102 e. The Bertz CT molecular complexity index is 169. The molecule has 13 heavy (non-hydrogen) atoms. The van der Waals surface area contributed by atoms with E-state index in [1.54, 1.807) is 6.92 Å². The van der Waals surface area contributed by atoms with E-state index in [1.165, 1.54) is 0 Å². The standard InChI is InChI=1S/C10H21N3/c1-4-7-13(5-2)8-6-10(3,12)9-11/h4-8,12H2,1-3H3. The van der Waals surface area contributed by atoms with Gasteiger partial charge in [0.1, 0.15) is 5.54 Å². The van der Waals surface area contributed by atoms with Crippen molar-refractivity contribution in [3.63, 3.8) is 0 Å². The highest BCUT2D eigenvalue weighted by Gasteiger charge is 2.17. The molecule has 0 bridgehead atoms. The predicted octanol–water partition coefficient (Wildman–Crippen LogP) is 1.35. The molecule has 0 rings (SSSR count). The highest BCUT2D eigenvalue weighted by Crippen LogP contribution is 2.05. The number of nitrogens with two attached hydrogens (primary N) is 1. The molecular formula is C10H21N3. The van der Waals surface area contributed by atoms with E-state index in [0.717, 1.165) is 32.5 Å². The summed E-state index contributed by atoms with van der Waals surface area (Å²) in [6, 6.07) is 2.11. The van der Waals surface area contributed by atoms with Crippen LogP contribution in [0, 0.1) is 11.3 Å². The quantitative estimate of drug-likeness (QED) is 0.676. The lowest BCUT2D eigenvalue weighted by molar-refractivity contribution is 0.268. The summed E-state index contributed by atoms with van der Waals surface area (Å²) in [5.41, 5.74) is 5.06. The molecule has 0 aliphatic heterocycles. The van der Waals surface area contributed by atoms with Gasteiger partial charge in [0.15, 0.2) is 0 Å². The van der Waals surface area contributed by atoms with Crippen LogP contribution < -0.4 is 5.73 Å². The Morgan fingerprint density at radius 1 is 1.38 bits per heavy atom. The van der Waals surface area contributed by atoms with Crippen molar-refractivity contribution in [1.29, 1.82) is 5.26 Å². The van der Waals surface area contributed by atoms with Crippen molar-refractivity contribution in [2.45, 2.75) is 39.2 Å². The fourth-order valence-electron chi connectivity index (χ4n) is 1.19. The molecule has 0 aromatic carbocycles. The average Bonchev–Trinajstić information content (AvgIpc) is 2.12. The van der Waals surface area contributed by atoms with Gasteiger partial charge in [-0.3, -0.25) is 0 Å². The lowest BCUT2D eigenvalue weighted by Crippen LogP contribution is -2.39. The maximum absolute atomic E-state index is 8.72. The van der Waals surface area contributed by atoms with Gasteiger partial charge in [0.2, 0.25) is 0 Å². The minimum absolute atomic E-state index is 0.666. The third kappa shape index (κ3) is 5.62. The van der Waals surface area contributed by atoms with Crippen LogP contribution >= 0.6 is 0 Å². The fraction of sp³-hybridized carbons (Fsp3) is 0.900. The van der Waals surface area contributed by atoms with E-state index in [4.69, 9.17) is 11.0 Å². The SMILES string of the molecule is CCCN(CC)CCC(C)(N)C#N. The average molecular weight is 183 g/mol. The highest BCUT2D eigenvalue weighted by molar-refractivity contribution is 5.01. The lowest BCUT2D eigenvalue weighted by Gasteiger charge is -2.23. The van der Waals surface area contributed by atoms with Crippen molar-refractivity contribution in [2.75, 3.05) is 19.6 Å². The zero-order valence-corrected chi connectivity index (χ0v) is 9.01. The Balaban J connectivity index is 3.79. The molecule has 0 aliphatic carbocycles. The third-order valence-electron chi connectivity index (χ3n) is 2.19. The van der Waals surface area contributed by atoms with Crippen LogP contribution in [0.4, 0.5) is 0 Å². The Morgan fingerprint density at radius 3 is 2.38 bits per heavy atom. The lowest BCUT2D eigenvalue weighted by atomic mass is 10.0. The molecule has 3 heteroatoms. The van der Waals surface area contributed by atoms with Gasteiger partial charge in [0.25, 0.3) is 0 Å². The van der Waals surface area contributed by atoms with E-state index in [9.17, 15) is 0 Å². The van der Waals surface area contributed by atoms with E-state index in [-0.39, 0.29) is 0 Å². The molecule has 0 fully saturated rings. The van der Waals surface area contributed by atoms with Crippen molar-refractivity contribution >= 4 is 0 Å². The molecule has 3 nitrogen and oxygen atoms in total. The Morgan fingerprint density at radius 2 is 2.00 bits per heavy atom. The van der Waals surface area contributed by atoms with Crippen molar-refractivity contribution in [3.8, 4) is 6.07 Å². The van der Waals surface area contributed by atoms with Crippen LogP contribution in [0.3, 0.4) is 0 Å². The van der Waals surface area contributed by atoms with E-state index < -0.39 is 5.54 Å². The first kappa shape index (κ1) is 12.4. The Kier molecular flexibility index (Phi) is 5.68. The van der Waals surface area contributed by atoms with Crippen molar-refractivity contribution in [2.24, 2.45) is 5.73 Å². The summed E-state index contributed by atoms with van der Waals surface area (Å²) in [5.74, 6) is 0. The molecular weight excluding hydrogens is 162 g/mol. The van der Waals surface area contributed by atoms with Crippen molar-refractivity contribution < 1.29 is 0 Å². The molecule has 0 aliphatic rings. The van der Waals surface area contributed by atoms with Crippen LogP contribution in [-0.4, -0.2) is 30.1 Å². The second-order valence-electron chi connectivity index (χ2n) is 3.71. The molecule has 0 saturated heterocycles. The minimum Gasteiger partial charge on any atom is -0.314 e. The number of nitriles is 1. The Labute approximate surface area is 81.5 Å². The first-order valence-corrected chi connectivity index (χ1v) is 4.98. The molecule has 76 valence electrons. The summed E-state index contributed by atoms with van der Waals surface area (Å²) in [4.78, 5) is 2.32. The highest BCUT2D eigenvalue weighted by atomic mass is 15.1. The topological polar surface area (TPSA) is 53.0 Å². The molecule has 2 N–H and O–H groups in total. The van der Waals surface area contributed by atoms with E-state index in [0.29, 0.717) is 0 Å². The second kappa shape index (κ2) is 5.95. The summed E-state index contributed by atoms with van der Waals surface area (Å²) < 4.78 is 0. The van der Waals surface area contributed by atoms with Gasteiger partial charge in [0.05, 0.1) is 6.07 Å². The first-order valence-electron chi connectivity index (χ1n) is 4.98. The molecule has 1 atom stereocenters. The number of hydrogen-bond acceptors (Lipinski definition) is 3. The van der Waals surface area contributed by atoms with Crippen molar-refractivity contribution in [3.05, 3.63) is 0 Å². The van der Waals surface area contributed by atoms with Gasteiger partial charge in [-0.15, -0.1) is 0 Å². The van der Waals surface area contributed by atoms with E-state index >= 15 is 0 Å². The number of rotatable bonds is 6. The molecule has 0 amide bonds. The monoisotopic (exact) mass is 183 g/mol. The fourth-order valence-corrected chi connectivity index (χ4v) is 1.19. The summed E-state index contributed by atoms with van der Waals surface area (Å²) >= 11 is 0. The van der Waals surface area contributed by atoms with Crippen molar-refractivity contribution in [1.82, 2.24) is 4.90 Å². The maximum Gasteiger partial charge on any atom is 0.102 e. The van der Waals surface area contributed by atoms with Gasteiger partial charge in [0, 0.05) is 6.54 Å². The van der Waals surface area contributed by atoms with E-state index in [2.05, 4.69) is 24.8 Å². The molecule has 0 aromatic rings. The largest absolute Gasteiger partial charge is 0.314 e. The van der Waals surface area contributed by atoms with E-state index in [1.807, 2.05) is 0 Å². The summed E-state index contributed by atoms with van der Waals surface area (Å²) in [7, 11) is 0. The van der Waals surface area contributed by atoms with Crippen LogP contribution in [-0.2, 0) is 0 Å². The second-order valence-corrected chi connectivity index (χ2v) is 3.71. The van der Waals surface area contributed by atoms with Crippen LogP contribution in [0.1, 0.15) is 33.6 Å². The zero-order valence-electron chi connectivity index (χ0n) is 9.01. The molecule has 0 aromatic heterocycles. The number of hydrogen-bond donors (Lipinski definition) is 1. The molecule has 1 unspecified atom stereocenters. The normalized spacial score (nSPS) is 15.4. The summed E-state index contributed by atoms with van der Waals surface area (Å²) in [5, 5.41) is 8.72. The van der Waals surface area contributed by atoms with Crippen LogP contribution in [0.2, 0.25) is 0 Å². The third-order valence-corrected chi connectivity index (χ3v) is 2.19. The van der Waals surface area contributed by atoms with Crippen LogP contribution in [0.5, 0.6) is 0 Å². The summed E-state index contributed by atoms with van der Waals surface area (Å²) in [6.45, 7) is 9.13. The van der Waals surface area contributed by atoms with Gasteiger partial charge in [-0.25, -0.2) is 0 Å².